The Bertz CT molecular complexity index is 1420. The van der Waals surface area contributed by atoms with Crippen LogP contribution in [0.1, 0.15) is 22.4 Å². The van der Waals surface area contributed by atoms with Crippen molar-refractivity contribution in [3.8, 4) is 0 Å². The number of rotatable bonds is 4. The van der Waals surface area contributed by atoms with Gasteiger partial charge in [0, 0.05) is 33.7 Å². The van der Waals surface area contributed by atoms with Crippen molar-refractivity contribution in [2.45, 2.75) is 20.4 Å². The average molecular weight is 472 g/mol. The van der Waals surface area contributed by atoms with Crippen molar-refractivity contribution in [1.82, 2.24) is 9.88 Å². The van der Waals surface area contributed by atoms with Crippen LogP contribution in [0.15, 0.2) is 82.7 Å². The van der Waals surface area contributed by atoms with E-state index in [-0.39, 0.29) is 5.91 Å². The SMILES string of the molecule is Cc1ccc(N=C2NC(=O)/C(=C\c3c(C)n(Cc4ccc(Cl)cc4)c4ccccc34)S2)cc1. The number of aryl methyl sites for hydroxylation is 1. The summed E-state index contributed by atoms with van der Waals surface area (Å²) in [6, 6.07) is 24.1. The van der Waals surface area contributed by atoms with Crippen LogP contribution in [-0.2, 0) is 11.3 Å². The molecule has 1 aliphatic rings. The number of nitrogens with zero attached hydrogens (tertiary/aromatic N) is 2. The third-order valence-corrected chi connectivity index (χ3v) is 6.89. The second-order valence-corrected chi connectivity index (χ2v) is 9.51. The number of hydrogen-bond acceptors (Lipinski definition) is 3. The van der Waals surface area contributed by atoms with Crippen LogP contribution in [0, 0.1) is 13.8 Å². The van der Waals surface area contributed by atoms with Gasteiger partial charge in [0.25, 0.3) is 5.91 Å². The van der Waals surface area contributed by atoms with E-state index < -0.39 is 0 Å². The Hall–Kier alpha value is -3.28. The summed E-state index contributed by atoms with van der Waals surface area (Å²) in [7, 11) is 0. The lowest BCUT2D eigenvalue weighted by Gasteiger charge is -2.09. The van der Waals surface area contributed by atoms with E-state index in [2.05, 4.69) is 33.9 Å². The second-order valence-electron chi connectivity index (χ2n) is 8.05. The standard InChI is InChI=1S/C27H22ClN3OS/c1-17-7-13-21(14-8-17)29-27-30-26(32)25(33-27)15-23-18(2)31(24-6-4-3-5-22(23)24)16-19-9-11-20(28)12-10-19/h3-15H,16H2,1-2H3,(H,29,30,32)/b25-15+. The normalized spacial score (nSPS) is 16.2. The van der Waals surface area contributed by atoms with Gasteiger partial charge in [0.2, 0.25) is 0 Å². The predicted molar refractivity (Wildman–Crippen MR) is 139 cm³/mol. The summed E-state index contributed by atoms with van der Waals surface area (Å²) in [6.45, 7) is 4.86. The highest BCUT2D eigenvalue weighted by molar-refractivity contribution is 8.18. The Kier molecular flexibility index (Phi) is 5.83. The van der Waals surface area contributed by atoms with Crippen molar-refractivity contribution in [3.63, 3.8) is 0 Å². The van der Waals surface area contributed by atoms with E-state index in [0.717, 1.165) is 39.4 Å². The summed E-state index contributed by atoms with van der Waals surface area (Å²) in [6.07, 6.45) is 1.98. The summed E-state index contributed by atoms with van der Waals surface area (Å²) in [5.41, 5.74) is 6.45. The number of fused-ring (bicyclic) bond motifs is 1. The number of aromatic nitrogens is 1. The third-order valence-electron chi connectivity index (χ3n) is 5.72. The molecule has 1 amide bonds. The fraction of sp³-hybridized carbons (Fsp3) is 0.111. The molecule has 0 bridgehead atoms. The van der Waals surface area contributed by atoms with Crippen molar-refractivity contribution in [2.75, 3.05) is 0 Å². The molecular formula is C27H22ClN3OS. The van der Waals surface area contributed by atoms with Crippen molar-refractivity contribution in [2.24, 2.45) is 4.99 Å². The van der Waals surface area contributed by atoms with Gasteiger partial charge < -0.3 is 9.88 Å². The minimum absolute atomic E-state index is 0.125. The maximum absolute atomic E-state index is 12.7. The van der Waals surface area contributed by atoms with Gasteiger partial charge in [0.1, 0.15) is 0 Å². The quantitative estimate of drug-likeness (QED) is 0.331. The van der Waals surface area contributed by atoms with Crippen LogP contribution >= 0.6 is 23.4 Å². The number of thioether (sulfide) groups is 1. The zero-order valence-corrected chi connectivity index (χ0v) is 19.9. The monoisotopic (exact) mass is 471 g/mol. The van der Waals surface area contributed by atoms with Gasteiger partial charge in [-0.25, -0.2) is 4.99 Å². The predicted octanol–water partition coefficient (Wildman–Crippen LogP) is 6.85. The summed E-state index contributed by atoms with van der Waals surface area (Å²) in [5.74, 6) is -0.125. The van der Waals surface area contributed by atoms with E-state index >= 15 is 0 Å². The Morgan fingerprint density at radius 1 is 1.00 bits per heavy atom. The molecule has 1 fully saturated rings. The molecule has 1 N–H and O–H groups in total. The molecule has 5 rings (SSSR count). The first-order chi connectivity index (χ1) is 16.0. The fourth-order valence-electron chi connectivity index (χ4n) is 3.96. The van der Waals surface area contributed by atoms with Crippen LogP contribution in [0.25, 0.3) is 17.0 Å². The zero-order valence-electron chi connectivity index (χ0n) is 18.3. The minimum atomic E-state index is -0.125. The highest BCUT2D eigenvalue weighted by atomic mass is 35.5. The molecule has 164 valence electrons. The number of nitrogens with one attached hydrogen (secondary N) is 1. The largest absolute Gasteiger partial charge is 0.340 e. The maximum atomic E-state index is 12.7. The van der Waals surface area contributed by atoms with Crippen LogP contribution in [0.4, 0.5) is 5.69 Å². The molecular weight excluding hydrogens is 450 g/mol. The first-order valence-corrected chi connectivity index (χ1v) is 11.9. The van der Waals surface area contributed by atoms with Gasteiger partial charge >= 0.3 is 0 Å². The van der Waals surface area contributed by atoms with Gasteiger partial charge in [-0.3, -0.25) is 4.79 Å². The Labute approximate surface area is 202 Å². The topological polar surface area (TPSA) is 46.4 Å². The Balaban J connectivity index is 1.51. The zero-order chi connectivity index (χ0) is 22.9. The van der Waals surface area contributed by atoms with E-state index in [1.807, 2.05) is 73.7 Å². The molecule has 0 radical (unpaired) electrons. The lowest BCUT2D eigenvalue weighted by molar-refractivity contribution is -0.115. The van der Waals surface area contributed by atoms with E-state index in [1.165, 1.54) is 22.9 Å². The van der Waals surface area contributed by atoms with Crippen LogP contribution in [0.3, 0.4) is 0 Å². The lowest BCUT2D eigenvalue weighted by atomic mass is 10.1. The summed E-state index contributed by atoms with van der Waals surface area (Å²) in [4.78, 5) is 17.9. The van der Waals surface area contributed by atoms with Gasteiger partial charge in [-0.15, -0.1) is 0 Å². The van der Waals surface area contributed by atoms with Crippen molar-refractivity contribution < 1.29 is 4.79 Å². The number of amides is 1. The molecule has 0 spiro atoms. The molecule has 2 heterocycles. The highest BCUT2D eigenvalue weighted by Crippen LogP contribution is 2.33. The van der Waals surface area contributed by atoms with E-state index in [1.54, 1.807) is 0 Å². The van der Waals surface area contributed by atoms with E-state index in [9.17, 15) is 4.79 Å². The third kappa shape index (κ3) is 4.47. The molecule has 4 nitrogen and oxygen atoms in total. The van der Waals surface area contributed by atoms with Crippen LogP contribution < -0.4 is 5.32 Å². The smallest absolute Gasteiger partial charge is 0.264 e. The molecule has 0 unspecified atom stereocenters. The number of hydrogen-bond donors (Lipinski definition) is 1. The number of para-hydroxylation sites is 1. The maximum Gasteiger partial charge on any atom is 0.264 e. The minimum Gasteiger partial charge on any atom is -0.340 e. The van der Waals surface area contributed by atoms with Gasteiger partial charge in [-0.2, -0.15) is 0 Å². The van der Waals surface area contributed by atoms with Crippen LogP contribution in [0.5, 0.6) is 0 Å². The molecule has 1 saturated heterocycles. The lowest BCUT2D eigenvalue weighted by Crippen LogP contribution is -2.19. The first-order valence-electron chi connectivity index (χ1n) is 10.7. The van der Waals surface area contributed by atoms with Crippen LogP contribution in [0.2, 0.25) is 5.02 Å². The fourth-order valence-corrected chi connectivity index (χ4v) is 4.91. The highest BCUT2D eigenvalue weighted by Gasteiger charge is 2.25. The van der Waals surface area contributed by atoms with Gasteiger partial charge in [0.15, 0.2) is 5.17 Å². The van der Waals surface area contributed by atoms with Gasteiger partial charge in [-0.1, -0.05) is 59.6 Å². The Morgan fingerprint density at radius 3 is 2.48 bits per heavy atom. The first kappa shape index (κ1) is 21.6. The van der Waals surface area contributed by atoms with Crippen molar-refractivity contribution in [3.05, 3.63) is 105 Å². The number of amidine groups is 1. The van der Waals surface area contributed by atoms with E-state index in [0.29, 0.717) is 10.1 Å². The average Bonchev–Trinajstić information content (AvgIpc) is 3.29. The summed E-state index contributed by atoms with van der Waals surface area (Å²) < 4.78 is 2.28. The molecule has 4 aromatic rings. The number of aliphatic imine (C=N–C) groups is 1. The second kappa shape index (κ2) is 8.93. The molecule has 0 aliphatic carbocycles. The van der Waals surface area contributed by atoms with Crippen molar-refractivity contribution >= 4 is 57.1 Å². The molecule has 33 heavy (non-hydrogen) atoms. The molecule has 0 saturated carbocycles. The van der Waals surface area contributed by atoms with E-state index in [4.69, 9.17) is 11.6 Å². The number of carbonyl (C=O) groups is 1. The number of halogens is 1. The van der Waals surface area contributed by atoms with Crippen LogP contribution in [-0.4, -0.2) is 15.6 Å². The Morgan fingerprint density at radius 2 is 1.73 bits per heavy atom. The summed E-state index contributed by atoms with van der Waals surface area (Å²) >= 11 is 7.43. The molecule has 0 atom stereocenters. The molecule has 6 heteroatoms. The van der Waals surface area contributed by atoms with Crippen molar-refractivity contribution in [1.29, 1.82) is 0 Å². The molecule has 1 aliphatic heterocycles. The number of carbonyl (C=O) groups excluding carboxylic acids is 1. The number of benzene rings is 3. The summed E-state index contributed by atoms with van der Waals surface area (Å²) in [5, 5.41) is 5.33. The molecule has 1 aromatic heterocycles. The van der Waals surface area contributed by atoms with Gasteiger partial charge in [-0.05, 0) is 67.6 Å². The molecule has 3 aromatic carbocycles. The van der Waals surface area contributed by atoms with Gasteiger partial charge in [0.05, 0.1) is 10.6 Å².